The topological polar surface area (TPSA) is 27.7 Å². The van der Waals surface area contributed by atoms with Crippen molar-refractivity contribution in [2.24, 2.45) is 0 Å². The van der Waals surface area contributed by atoms with Crippen LogP contribution in [0.15, 0.2) is 36.4 Å². The predicted molar refractivity (Wildman–Crippen MR) is 70.5 cm³/mol. The van der Waals surface area contributed by atoms with Crippen LogP contribution in [0.25, 0.3) is 0 Å². The number of rotatable bonds is 0. The van der Waals surface area contributed by atoms with E-state index in [1.54, 1.807) is 6.07 Å². The van der Waals surface area contributed by atoms with E-state index in [9.17, 15) is 0 Å². The normalized spacial score (nSPS) is 22.8. The zero-order valence-corrected chi connectivity index (χ0v) is 11.0. The van der Waals surface area contributed by atoms with Crippen molar-refractivity contribution in [1.82, 2.24) is 0 Å². The van der Waals surface area contributed by atoms with Gasteiger partial charge in [0.15, 0.2) is 0 Å². The Morgan fingerprint density at radius 1 is 0.895 bits per heavy atom. The average molecular weight is 275 g/mol. The van der Waals surface area contributed by atoms with Crippen molar-refractivity contribution in [3.8, 4) is 11.5 Å². The SMILES string of the molecule is Cc1ccc2c(c1)C1Oc3ccc(Cl)cc3C(O2)O1. The summed E-state index contributed by atoms with van der Waals surface area (Å²) in [6, 6.07) is 11.5. The molecule has 2 heterocycles. The maximum Gasteiger partial charge on any atom is 0.233 e. The lowest BCUT2D eigenvalue weighted by Crippen LogP contribution is -2.30. The van der Waals surface area contributed by atoms with Gasteiger partial charge < -0.3 is 9.47 Å². The summed E-state index contributed by atoms with van der Waals surface area (Å²) in [4.78, 5) is 0. The first kappa shape index (κ1) is 11.1. The molecule has 2 aliphatic rings. The fourth-order valence-electron chi connectivity index (χ4n) is 2.44. The highest BCUT2D eigenvalue weighted by Crippen LogP contribution is 2.47. The molecule has 4 rings (SSSR count). The lowest BCUT2D eigenvalue weighted by Gasteiger charge is -2.37. The molecule has 2 bridgehead atoms. The minimum Gasteiger partial charge on any atom is -0.460 e. The van der Waals surface area contributed by atoms with E-state index in [4.69, 9.17) is 25.8 Å². The molecule has 2 aliphatic heterocycles. The van der Waals surface area contributed by atoms with Gasteiger partial charge in [-0.2, -0.15) is 0 Å². The molecule has 2 unspecified atom stereocenters. The van der Waals surface area contributed by atoms with Gasteiger partial charge in [-0.1, -0.05) is 23.2 Å². The molecule has 2 aromatic rings. The summed E-state index contributed by atoms with van der Waals surface area (Å²) in [7, 11) is 0. The molecule has 0 N–H and O–H groups in total. The molecule has 96 valence electrons. The smallest absolute Gasteiger partial charge is 0.233 e. The zero-order valence-electron chi connectivity index (χ0n) is 10.2. The quantitative estimate of drug-likeness (QED) is 0.722. The lowest BCUT2D eigenvalue weighted by atomic mass is 10.1. The Morgan fingerprint density at radius 2 is 1.53 bits per heavy atom. The second kappa shape index (κ2) is 3.89. The fourth-order valence-corrected chi connectivity index (χ4v) is 2.62. The Balaban J connectivity index is 1.84. The third kappa shape index (κ3) is 1.70. The number of benzene rings is 2. The Hall–Kier alpha value is -1.71. The molecule has 0 saturated carbocycles. The number of hydrogen-bond donors (Lipinski definition) is 0. The van der Waals surface area contributed by atoms with E-state index in [0.717, 1.165) is 28.2 Å². The van der Waals surface area contributed by atoms with Crippen molar-refractivity contribution >= 4 is 11.6 Å². The third-order valence-electron chi connectivity index (χ3n) is 3.36. The van der Waals surface area contributed by atoms with Crippen LogP contribution in [-0.2, 0) is 4.74 Å². The van der Waals surface area contributed by atoms with Crippen LogP contribution in [0.2, 0.25) is 5.02 Å². The minimum absolute atomic E-state index is 0.415. The van der Waals surface area contributed by atoms with E-state index < -0.39 is 12.6 Å². The standard InChI is InChI=1S/C15H11ClO3/c1-8-2-4-12-10(6-8)14-18-13-5-3-9(16)7-11(13)15(17-12)19-14/h2-7,14-15H,1H3. The van der Waals surface area contributed by atoms with Crippen molar-refractivity contribution in [1.29, 1.82) is 0 Å². The van der Waals surface area contributed by atoms with E-state index in [2.05, 4.69) is 0 Å². The molecule has 2 atom stereocenters. The van der Waals surface area contributed by atoms with Crippen LogP contribution in [-0.4, -0.2) is 0 Å². The lowest BCUT2D eigenvalue weighted by molar-refractivity contribution is -0.227. The molecule has 4 heteroatoms. The molecule has 3 nitrogen and oxygen atoms in total. The van der Waals surface area contributed by atoms with E-state index in [-0.39, 0.29) is 0 Å². The molecule has 0 aliphatic carbocycles. The maximum absolute atomic E-state index is 6.01. The van der Waals surface area contributed by atoms with Crippen LogP contribution in [0.4, 0.5) is 0 Å². The number of ether oxygens (including phenoxy) is 3. The highest BCUT2D eigenvalue weighted by atomic mass is 35.5. The summed E-state index contributed by atoms with van der Waals surface area (Å²) in [5, 5.41) is 0.641. The summed E-state index contributed by atoms with van der Waals surface area (Å²) < 4.78 is 17.5. The van der Waals surface area contributed by atoms with E-state index >= 15 is 0 Å². The molecule has 0 fully saturated rings. The first-order valence-corrected chi connectivity index (χ1v) is 6.47. The highest BCUT2D eigenvalue weighted by Gasteiger charge is 2.37. The van der Waals surface area contributed by atoms with E-state index in [1.165, 1.54) is 0 Å². The average Bonchev–Trinajstić information content (AvgIpc) is 2.41. The van der Waals surface area contributed by atoms with Crippen LogP contribution in [0.3, 0.4) is 0 Å². The predicted octanol–water partition coefficient (Wildman–Crippen LogP) is 4.15. The van der Waals surface area contributed by atoms with Gasteiger partial charge in [0, 0.05) is 5.02 Å². The number of aryl methyl sites for hydroxylation is 1. The molecule has 19 heavy (non-hydrogen) atoms. The van der Waals surface area contributed by atoms with Gasteiger partial charge in [-0.3, -0.25) is 4.74 Å². The molecule has 0 amide bonds. The molecular formula is C15H11ClO3. The Kier molecular flexibility index (Phi) is 2.28. The van der Waals surface area contributed by atoms with Gasteiger partial charge in [-0.05, 0) is 37.3 Å². The van der Waals surface area contributed by atoms with Gasteiger partial charge >= 0.3 is 0 Å². The van der Waals surface area contributed by atoms with Gasteiger partial charge in [0.05, 0.1) is 11.1 Å². The number of hydrogen-bond acceptors (Lipinski definition) is 3. The molecule has 0 spiro atoms. The van der Waals surface area contributed by atoms with E-state index in [0.29, 0.717) is 5.02 Å². The maximum atomic E-state index is 6.01. The van der Waals surface area contributed by atoms with Crippen LogP contribution >= 0.6 is 11.6 Å². The first-order valence-electron chi connectivity index (χ1n) is 6.09. The van der Waals surface area contributed by atoms with Crippen molar-refractivity contribution in [2.75, 3.05) is 0 Å². The number of fused-ring (bicyclic) bond motifs is 6. The van der Waals surface area contributed by atoms with Crippen LogP contribution in [0.1, 0.15) is 29.3 Å². The van der Waals surface area contributed by atoms with Gasteiger partial charge in [0.1, 0.15) is 11.5 Å². The van der Waals surface area contributed by atoms with Crippen molar-refractivity contribution in [3.05, 3.63) is 58.1 Å². The van der Waals surface area contributed by atoms with Gasteiger partial charge in [-0.15, -0.1) is 0 Å². The van der Waals surface area contributed by atoms with Crippen LogP contribution in [0, 0.1) is 6.92 Å². The Morgan fingerprint density at radius 3 is 2.26 bits per heavy atom. The minimum atomic E-state index is -0.456. The van der Waals surface area contributed by atoms with Crippen LogP contribution in [0.5, 0.6) is 11.5 Å². The van der Waals surface area contributed by atoms with Gasteiger partial charge in [-0.25, -0.2) is 0 Å². The second-order valence-corrected chi connectivity index (χ2v) is 5.20. The summed E-state index contributed by atoms with van der Waals surface area (Å²) in [5.74, 6) is 1.57. The zero-order chi connectivity index (χ0) is 13.0. The van der Waals surface area contributed by atoms with Crippen molar-refractivity contribution < 1.29 is 14.2 Å². The molecule has 0 radical (unpaired) electrons. The van der Waals surface area contributed by atoms with Crippen molar-refractivity contribution in [3.63, 3.8) is 0 Å². The monoisotopic (exact) mass is 274 g/mol. The molecule has 2 aromatic carbocycles. The van der Waals surface area contributed by atoms with Gasteiger partial charge in [0.25, 0.3) is 0 Å². The van der Waals surface area contributed by atoms with Crippen LogP contribution < -0.4 is 9.47 Å². The molecule has 0 saturated heterocycles. The highest BCUT2D eigenvalue weighted by molar-refractivity contribution is 6.30. The number of halogens is 1. The largest absolute Gasteiger partial charge is 0.460 e. The molecule has 0 aromatic heterocycles. The first-order chi connectivity index (χ1) is 9.20. The second-order valence-electron chi connectivity index (χ2n) is 4.76. The van der Waals surface area contributed by atoms with E-state index in [1.807, 2.05) is 37.3 Å². The summed E-state index contributed by atoms with van der Waals surface area (Å²) >= 11 is 6.01. The third-order valence-corrected chi connectivity index (χ3v) is 3.60. The Labute approximate surface area is 115 Å². The summed E-state index contributed by atoms with van der Waals surface area (Å²) in [5.41, 5.74) is 2.90. The fraction of sp³-hybridized carbons (Fsp3) is 0.200. The molecular weight excluding hydrogens is 264 g/mol. The summed E-state index contributed by atoms with van der Waals surface area (Å²) in [6.07, 6.45) is -0.870. The Bertz CT molecular complexity index is 611. The van der Waals surface area contributed by atoms with Crippen molar-refractivity contribution in [2.45, 2.75) is 19.5 Å². The summed E-state index contributed by atoms with van der Waals surface area (Å²) in [6.45, 7) is 2.03. The van der Waals surface area contributed by atoms with Gasteiger partial charge in [0.2, 0.25) is 12.6 Å².